The van der Waals surface area contributed by atoms with Crippen LogP contribution < -0.4 is 0 Å². The van der Waals surface area contributed by atoms with E-state index in [0.717, 1.165) is 41.8 Å². The Bertz CT molecular complexity index is 1100. The molecule has 0 unspecified atom stereocenters. The minimum absolute atomic E-state index is 0.252. The molecule has 2 saturated carbocycles. The van der Waals surface area contributed by atoms with Gasteiger partial charge in [-0.3, -0.25) is 4.79 Å². The number of amides is 1. The quantitative estimate of drug-likeness (QED) is 0.373. The number of fused-ring (bicyclic) bond motifs is 1. The van der Waals surface area contributed by atoms with E-state index in [4.69, 9.17) is 16.0 Å². The molecule has 2 heterocycles. The molecule has 2 fully saturated rings. The Hall–Kier alpha value is -1.99. The minimum Gasteiger partial charge on any atom is -0.453 e. The van der Waals surface area contributed by atoms with Gasteiger partial charge in [-0.1, -0.05) is 61.9 Å². The molecule has 3 aromatic rings. The summed E-state index contributed by atoms with van der Waals surface area (Å²) in [4.78, 5) is 15.7. The molecule has 176 valence electrons. The number of hydrogen-bond acceptors (Lipinski definition) is 5. The molecule has 0 spiro atoms. The fourth-order valence-electron chi connectivity index (χ4n) is 5.40. The van der Waals surface area contributed by atoms with Crippen LogP contribution in [0, 0.1) is 0 Å². The van der Waals surface area contributed by atoms with Crippen molar-refractivity contribution in [2.24, 2.45) is 7.05 Å². The first kappa shape index (κ1) is 22.8. The lowest BCUT2D eigenvalue weighted by Crippen LogP contribution is -2.49. The van der Waals surface area contributed by atoms with Gasteiger partial charge in [-0.05, 0) is 49.9 Å². The summed E-state index contributed by atoms with van der Waals surface area (Å²) in [6.45, 7) is 0. The molecule has 8 heteroatoms. The molecule has 0 radical (unpaired) electrons. The molecule has 1 aromatic carbocycles. The maximum atomic E-state index is 13.5. The molecule has 1 amide bonds. The molecule has 2 aliphatic carbocycles. The van der Waals surface area contributed by atoms with Crippen LogP contribution in [0.4, 0.5) is 0 Å². The standard InChI is InChI=1S/C25H31ClN4O2S/c1-29-24(22-15-17-14-18(26)12-13-21(17)32-22)27-28-25(29)33-16-23(31)30(19-8-4-2-5-9-19)20-10-6-3-7-11-20/h12-15,19-20H,2-11,16H2,1H3. The summed E-state index contributed by atoms with van der Waals surface area (Å²) < 4.78 is 7.86. The van der Waals surface area contributed by atoms with Crippen LogP contribution in [0.1, 0.15) is 64.2 Å². The summed E-state index contributed by atoms with van der Waals surface area (Å²) >= 11 is 7.58. The third-order valence-corrected chi connectivity index (χ3v) is 8.32. The number of halogens is 1. The monoisotopic (exact) mass is 486 g/mol. The second-order valence-corrected chi connectivity index (χ2v) is 10.7. The van der Waals surface area contributed by atoms with E-state index < -0.39 is 0 Å². The van der Waals surface area contributed by atoms with Crippen LogP contribution in [-0.4, -0.2) is 43.4 Å². The normalized spacial score (nSPS) is 18.1. The molecule has 0 aliphatic heterocycles. The van der Waals surface area contributed by atoms with Crippen molar-refractivity contribution in [3.63, 3.8) is 0 Å². The number of carbonyl (C=O) groups is 1. The number of aromatic nitrogens is 3. The van der Waals surface area contributed by atoms with Crippen molar-refractivity contribution in [3.8, 4) is 11.6 Å². The van der Waals surface area contributed by atoms with Crippen molar-refractivity contribution >= 4 is 40.2 Å². The van der Waals surface area contributed by atoms with Crippen molar-refractivity contribution in [3.05, 3.63) is 29.3 Å². The second-order valence-electron chi connectivity index (χ2n) is 9.33. The van der Waals surface area contributed by atoms with Crippen molar-refractivity contribution in [1.82, 2.24) is 19.7 Å². The topological polar surface area (TPSA) is 64.2 Å². The molecule has 5 rings (SSSR count). The summed E-state index contributed by atoms with van der Waals surface area (Å²) in [7, 11) is 1.92. The van der Waals surface area contributed by atoms with E-state index >= 15 is 0 Å². The van der Waals surface area contributed by atoms with Crippen LogP contribution >= 0.6 is 23.4 Å². The third-order valence-electron chi connectivity index (χ3n) is 7.08. The number of hydrogen-bond donors (Lipinski definition) is 0. The first-order valence-corrected chi connectivity index (χ1v) is 13.5. The molecule has 6 nitrogen and oxygen atoms in total. The Morgan fingerprint density at radius 3 is 2.39 bits per heavy atom. The molecule has 2 aromatic heterocycles. The summed E-state index contributed by atoms with van der Waals surface area (Å²) in [5.74, 6) is 1.94. The van der Waals surface area contributed by atoms with Crippen molar-refractivity contribution in [2.45, 2.75) is 81.4 Å². The molecule has 0 N–H and O–H groups in total. The van der Waals surface area contributed by atoms with Crippen LogP contribution in [0.2, 0.25) is 5.02 Å². The van der Waals surface area contributed by atoms with E-state index in [-0.39, 0.29) is 5.91 Å². The fraction of sp³-hybridized carbons (Fsp3) is 0.560. The van der Waals surface area contributed by atoms with Crippen molar-refractivity contribution in [2.75, 3.05) is 5.75 Å². The molecule has 0 atom stereocenters. The highest BCUT2D eigenvalue weighted by molar-refractivity contribution is 7.99. The van der Waals surface area contributed by atoms with Crippen LogP contribution in [0.5, 0.6) is 0 Å². The van der Waals surface area contributed by atoms with E-state index in [1.807, 2.05) is 35.9 Å². The van der Waals surface area contributed by atoms with E-state index in [1.165, 1.54) is 50.3 Å². The smallest absolute Gasteiger partial charge is 0.233 e. The van der Waals surface area contributed by atoms with Gasteiger partial charge in [0.05, 0.1) is 5.75 Å². The van der Waals surface area contributed by atoms with E-state index in [2.05, 4.69) is 15.1 Å². The SMILES string of the molecule is Cn1c(SCC(=O)N(C2CCCCC2)C2CCCCC2)nnc1-c1cc2cc(Cl)ccc2o1. The molecular weight excluding hydrogens is 456 g/mol. The van der Waals surface area contributed by atoms with Crippen molar-refractivity contribution < 1.29 is 9.21 Å². The van der Waals surface area contributed by atoms with E-state index in [9.17, 15) is 4.79 Å². The Labute approximate surface area is 204 Å². The van der Waals surface area contributed by atoms with Crippen LogP contribution in [0.15, 0.2) is 33.8 Å². The van der Waals surface area contributed by atoms with Gasteiger partial charge in [0.15, 0.2) is 16.7 Å². The van der Waals surface area contributed by atoms with Gasteiger partial charge in [0.1, 0.15) is 5.58 Å². The largest absolute Gasteiger partial charge is 0.453 e. The van der Waals surface area contributed by atoms with Gasteiger partial charge >= 0.3 is 0 Å². The average Bonchev–Trinajstić information content (AvgIpc) is 3.41. The van der Waals surface area contributed by atoms with Gasteiger partial charge in [-0.15, -0.1) is 10.2 Å². The lowest BCUT2D eigenvalue weighted by Gasteiger charge is -2.41. The van der Waals surface area contributed by atoms with Crippen LogP contribution in [-0.2, 0) is 11.8 Å². The highest BCUT2D eigenvalue weighted by atomic mass is 35.5. The average molecular weight is 487 g/mol. The Balaban J connectivity index is 1.30. The van der Waals surface area contributed by atoms with Gasteiger partial charge in [0.2, 0.25) is 5.91 Å². The predicted octanol–water partition coefficient (Wildman–Crippen LogP) is 6.47. The summed E-state index contributed by atoms with van der Waals surface area (Å²) in [6, 6.07) is 8.29. The van der Waals surface area contributed by atoms with Gasteiger partial charge in [-0.2, -0.15) is 0 Å². The maximum Gasteiger partial charge on any atom is 0.233 e. The van der Waals surface area contributed by atoms with E-state index in [0.29, 0.717) is 34.4 Å². The second kappa shape index (κ2) is 10.1. The van der Waals surface area contributed by atoms with Gasteiger partial charge in [-0.25, -0.2) is 0 Å². The van der Waals surface area contributed by atoms with E-state index in [1.54, 1.807) is 0 Å². The highest BCUT2D eigenvalue weighted by Gasteiger charge is 2.32. The predicted molar refractivity (Wildman–Crippen MR) is 133 cm³/mol. The third kappa shape index (κ3) is 4.94. The van der Waals surface area contributed by atoms with Gasteiger partial charge < -0.3 is 13.9 Å². The summed E-state index contributed by atoms with van der Waals surface area (Å²) in [5.41, 5.74) is 0.761. The number of benzene rings is 1. The van der Waals surface area contributed by atoms with Gasteiger partial charge in [0, 0.05) is 29.5 Å². The Kier molecular flexibility index (Phi) is 6.97. The van der Waals surface area contributed by atoms with Crippen LogP contribution in [0.3, 0.4) is 0 Å². The first-order chi connectivity index (χ1) is 16.1. The van der Waals surface area contributed by atoms with Gasteiger partial charge in [0.25, 0.3) is 0 Å². The van der Waals surface area contributed by atoms with Crippen molar-refractivity contribution in [1.29, 1.82) is 0 Å². The minimum atomic E-state index is 0.252. The number of thioether (sulfide) groups is 1. The lowest BCUT2D eigenvalue weighted by molar-refractivity contribution is -0.135. The molecule has 2 aliphatic rings. The zero-order valence-corrected chi connectivity index (χ0v) is 20.7. The summed E-state index contributed by atoms with van der Waals surface area (Å²) in [6.07, 6.45) is 12.2. The Morgan fingerprint density at radius 2 is 1.73 bits per heavy atom. The highest BCUT2D eigenvalue weighted by Crippen LogP contribution is 2.33. The number of carbonyl (C=O) groups excluding carboxylic acids is 1. The zero-order valence-electron chi connectivity index (χ0n) is 19.1. The lowest BCUT2D eigenvalue weighted by atomic mass is 9.88. The van der Waals surface area contributed by atoms with Crippen LogP contribution in [0.25, 0.3) is 22.6 Å². The molecule has 33 heavy (non-hydrogen) atoms. The number of furan rings is 1. The first-order valence-electron chi connectivity index (χ1n) is 12.1. The zero-order chi connectivity index (χ0) is 22.8. The number of rotatable bonds is 6. The maximum absolute atomic E-state index is 13.5. The molecule has 0 saturated heterocycles. The Morgan fingerprint density at radius 1 is 1.06 bits per heavy atom. The number of nitrogens with zero attached hydrogens (tertiary/aromatic N) is 4. The summed E-state index contributed by atoms with van der Waals surface area (Å²) in [5, 5.41) is 11.0. The fourth-order valence-corrected chi connectivity index (χ4v) is 6.37. The molecule has 0 bridgehead atoms. The molecular formula is C25H31ClN4O2S.